The number of benzene rings is 2. The lowest BCUT2D eigenvalue weighted by atomic mass is 10.1. The average molecular weight is 442 g/mol. The molecule has 4 rings (SSSR count). The van der Waals surface area contributed by atoms with Crippen LogP contribution in [0.2, 0.25) is 0 Å². The van der Waals surface area contributed by atoms with E-state index in [0.717, 1.165) is 48.3 Å². The van der Waals surface area contributed by atoms with Crippen molar-refractivity contribution >= 4 is 38.7 Å². The van der Waals surface area contributed by atoms with Gasteiger partial charge in [0.05, 0.1) is 0 Å². The van der Waals surface area contributed by atoms with E-state index in [0.29, 0.717) is 6.73 Å². The SMILES string of the molecule is N=COC(N)c1ccc(-c2nc3sc(-c4ccc(C(N)OC[NH3+])cc4)nc3s2)cc1. The van der Waals surface area contributed by atoms with Gasteiger partial charge in [0, 0.05) is 16.7 Å². The molecule has 10 heteroatoms. The molecule has 0 aliphatic rings. The van der Waals surface area contributed by atoms with Gasteiger partial charge in [0.2, 0.25) is 0 Å². The number of nitrogens with two attached hydrogens (primary N) is 2. The molecule has 0 saturated heterocycles. The summed E-state index contributed by atoms with van der Waals surface area (Å²) in [5, 5.41) is 8.79. The molecule has 0 aliphatic heterocycles. The Bertz CT molecular complexity index is 1110. The van der Waals surface area contributed by atoms with E-state index in [2.05, 4.69) is 5.73 Å². The first kappa shape index (κ1) is 20.5. The minimum absolute atomic E-state index is 0.326. The fourth-order valence-electron chi connectivity index (χ4n) is 2.89. The zero-order valence-corrected chi connectivity index (χ0v) is 17.6. The Labute approximate surface area is 180 Å². The molecule has 0 amide bonds. The fraction of sp³-hybridized carbons (Fsp3) is 0.150. The number of hydrogen-bond donors (Lipinski definition) is 4. The van der Waals surface area contributed by atoms with Crippen molar-refractivity contribution in [3.63, 3.8) is 0 Å². The monoisotopic (exact) mass is 441 g/mol. The van der Waals surface area contributed by atoms with E-state index >= 15 is 0 Å². The van der Waals surface area contributed by atoms with Crippen LogP contribution in [0.3, 0.4) is 0 Å². The molecule has 4 aromatic rings. The molecule has 30 heavy (non-hydrogen) atoms. The van der Waals surface area contributed by atoms with Gasteiger partial charge in [-0.3, -0.25) is 11.1 Å². The predicted molar refractivity (Wildman–Crippen MR) is 119 cm³/mol. The van der Waals surface area contributed by atoms with Crippen molar-refractivity contribution in [3.8, 4) is 21.1 Å². The van der Waals surface area contributed by atoms with Crippen molar-refractivity contribution in [1.29, 1.82) is 5.41 Å². The molecule has 154 valence electrons. The zero-order valence-electron chi connectivity index (χ0n) is 15.9. The van der Waals surface area contributed by atoms with Crippen molar-refractivity contribution in [2.24, 2.45) is 11.5 Å². The lowest BCUT2D eigenvalue weighted by Crippen LogP contribution is -2.52. The third-order valence-corrected chi connectivity index (χ3v) is 6.59. The first-order chi connectivity index (χ1) is 14.6. The van der Waals surface area contributed by atoms with Gasteiger partial charge in [0.25, 0.3) is 0 Å². The molecule has 2 aromatic carbocycles. The molecule has 0 spiro atoms. The Morgan fingerprint density at radius 1 is 0.867 bits per heavy atom. The van der Waals surface area contributed by atoms with Crippen molar-refractivity contribution in [2.75, 3.05) is 6.73 Å². The highest BCUT2D eigenvalue weighted by atomic mass is 32.1. The van der Waals surface area contributed by atoms with Crippen LogP contribution in [0.4, 0.5) is 0 Å². The topological polar surface area (TPSA) is 148 Å². The molecule has 8 N–H and O–H groups in total. The molecule has 0 aliphatic carbocycles. The van der Waals surface area contributed by atoms with E-state index in [1.54, 1.807) is 22.7 Å². The summed E-state index contributed by atoms with van der Waals surface area (Å²) in [6.07, 6.45) is -0.278. The van der Waals surface area contributed by atoms with Gasteiger partial charge >= 0.3 is 0 Å². The standard InChI is InChI=1S/C20H20N6O2S2/c21-9-27-15(23)11-1-5-13(6-2-11)17-25-19-20(29-17)26-18(30-19)14-7-3-12(4-8-14)16(24)28-10-22/h1-9,15-16,21H,10,22-24H2/p+1. The van der Waals surface area contributed by atoms with Crippen molar-refractivity contribution in [1.82, 2.24) is 9.97 Å². The number of hydrogen-bond acceptors (Lipinski definition) is 9. The summed E-state index contributed by atoms with van der Waals surface area (Å²) < 4.78 is 10.3. The average Bonchev–Trinajstić information content (AvgIpc) is 3.34. The Morgan fingerprint density at radius 2 is 1.33 bits per heavy atom. The molecule has 2 aromatic heterocycles. The van der Waals surface area contributed by atoms with E-state index in [-0.39, 0.29) is 0 Å². The zero-order chi connectivity index (χ0) is 21.1. The van der Waals surface area contributed by atoms with E-state index in [1.165, 1.54) is 0 Å². The van der Waals surface area contributed by atoms with Crippen LogP contribution in [-0.2, 0) is 9.47 Å². The summed E-state index contributed by atoms with van der Waals surface area (Å²) in [5.41, 5.74) is 19.1. The highest BCUT2D eigenvalue weighted by Gasteiger charge is 2.14. The molecule has 2 unspecified atom stereocenters. The van der Waals surface area contributed by atoms with Crippen LogP contribution in [0.15, 0.2) is 48.5 Å². The summed E-state index contributed by atoms with van der Waals surface area (Å²) in [7, 11) is 0. The minimum Gasteiger partial charge on any atom is -0.462 e. The second-order valence-electron chi connectivity index (χ2n) is 6.36. The van der Waals surface area contributed by atoms with Crippen LogP contribution in [0.25, 0.3) is 30.8 Å². The molecular formula is C20H21N6O2S2+. The van der Waals surface area contributed by atoms with Gasteiger partial charge in [-0.15, -0.1) is 0 Å². The number of thiazole rings is 2. The molecule has 2 heterocycles. The highest BCUT2D eigenvalue weighted by molar-refractivity contribution is 7.29. The van der Waals surface area contributed by atoms with Gasteiger partial charge in [-0.2, -0.15) is 0 Å². The number of ether oxygens (including phenoxy) is 2. The van der Waals surface area contributed by atoms with Crippen LogP contribution in [0.1, 0.15) is 23.6 Å². The molecule has 0 radical (unpaired) electrons. The lowest BCUT2D eigenvalue weighted by Gasteiger charge is -2.10. The van der Waals surface area contributed by atoms with Crippen LogP contribution in [0, 0.1) is 5.41 Å². The number of quaternary nitrogens is 1. The summed E-state index contributed by atoms with van der Waals surface area (Å²) in [6.45, 7) is 0.326. The van der Waals surface area contributed by atoms with E-state index in [9.17, 15) is 0 Å². The van der Waals surface area contributed by atoms with Gasteiger partial charge in [-0.1, -0.05) is 71.2 Å². The third kappa shape index (κ3) is 4.24. The minimum atomic E-state index is -0.647. The fourth-order valence-corrected chi connectivity index (χ4v) is 4.95. The molecule has 0 saturated carbocycles. The Kier molecular flexibility index (Phi) is 6.13. The Balaban J connectivity index is 1.53. The second-order valence-corrected chi connectivity index (χ2v) is 8.31. The number of rotatable bonds is 8. The largest absolute Gasteiger partial charge is 0.462 e. The summed E-state index contributed by atoms with van der Waals surface area (Å²) in [4.78, 5) is 11.3. The number of aromatic nitrogens is 2. The smallest absolute Gasteiger partial charge is 0.180 e. The van der Waals surface area contributed by atoms with Crippen molar-refractivity contribution in [3.05, 3.63) is 59.7 Å². The van der Waals surface area contributed by atoms with Gasteiger partial charge < -0.3 is 20.9 Å². The summed E-state index contributed by atoms with van der Waals surface area (Å²) >= 11 is 3.10. The van der Waals surface area contributed by atoms with Crippen LogP contribution >= 0.6 is 22.7 Å². The molecule has 0 fully saturated rings. The first-order valence-corrected chi connectivity index (χ1v) is 10.8. The molecule has 8 nitrogen and oxygen atoms in total. The van der Waals surface area contributed by atoms with Crippen molar-refractivity contribution < 1.29 is 15.2 Å². The maximum atomic E-state index is 6.97. The Morgan fingerprint density at radius 3 is 1.77 bits per heavy atom. The number of nitrogens with zero attached hydrogens (tertiary/aromatic N) is 2. The third-order valence-electron chi connectivity index (χ3n) is 4.46. The number of fused-ring (bicyclic) bond motifs is 1. The highest BCUT2D eigenvalue weighted by Crippen LogP contribution is 2.37. The summed E-state index contributed by atoms with van der Waals surface area (Å²) in [6, 6.07) is 15.5. The number of nitrogens with one attached hydrogen (secondary N) is 1. The van der Waals surface area contributed by atoms with E-state index in [1.807, 2.05) is 48.5 Å². The molecule has 0 bridgehead atoms. The quantitative estimate of drug-likeness (QED) is 0.188. The maximum absolute atomic E-state index is 6.97. The molecular weight excluding hydrogens is 420 g/mol. The van der Waals surface area contributed by atoms with Gasteiger partial charge in [-0.05, 0) is 5.56 Å². The second kappa shape index (κ2) is 8.96. The first-order valence-electron chi connectivity index (χ1n) is 9.13. The lowest BCUT2D eigenvalue weighted by molar-refractivity contribution is -0.437. The van der Waals surface area contributed by atoms with Gasteiger partial charge in [0.15, 0.2) is 29.0 Å². The van der Waals surface area contributed by atoms with E-state index < -0.39 is 12.5 Å². The molecule has 2 atom stereocenters. The van der Waals surface area contributed by atoms with Crippen molar-refractivity contribution in [2.45, 2.75) is 12.5 Å². The van der Waals surface area contributed by atoms with Crippen LogP contribution in [-0.4, -0.2) is 23.1 Å². The normalized spacial score (nSPS) is 13.3. The predicted octanol–water partition coefficient (Wildman–Crippen LogP) is 2.84. The van der Waals surface area contributed by atoms with Gasteiger partial charge in [0.1, 0.15) is 16.2 Å². The maximum Gasteiger partial charge on any atom is 0.180 e. The van der Waals surface area contributed by atoms with Crippen LogP contribution in [0.5, 0.6) is 0 Å². The summed E-state index contributed by atoms with van der Waals surface area (Å²) in [5.74, 6) is 0. The van der Waals surface area contributed by atoms with Gasteiger partial charge in [-0.25, -0.2) is 9.97 Å². The van der Waals surface area contributed by atoms with E-state index in [4.69, 9.17) is 36.3 Å². The van der Waals surface area contributed by atoms with Crippen LogP contribution < -0.4 is 17.2 Å². The Hall–Kier alpha value is -2.73.